The molecule has 4 rings (SSSR count). The van der Waals surface area contributed by atoms with Crippen LogP contribution in [-0.4, -0.2) is 30.9 Å². The average molecular weight is 465 g/mol. The number of hydrogen-bond donors (Lipinski definition) is 0. The molecule has 0 radical (unpaired) electrons. The number of Topliss-reactive ketones (excluding diaryl/α,β-unsaturated/α-hetero) is 1. The fourth-order valence-corrected chi connectivity index (χ4v) is 4.78. The molecular weight excluding hydrogens is 440 g/mol. The number of ketones is 1. The van der Waals surface area contributed by atoms with Gasteiger partial charge in [0.15, 0.2) is 16.8 Å². The number of halogens is 1. The van der Waals surface area contributed by atoms with Gasteiger partial charge in [0.2, 0.25) is 0 Å². The lowest BCUT2D eigenvalue weighted by Crippen LogP contribution is -2.07. The summed E-state index contributed by atoms with van der Waals surface area (Å²) >= 11 is 7.50. The summed E-state index contributed by atoms with van der Waals surface area (Å²) in [5.74, 6) is 1.11. The van der Waals surface area contributed by atoms with E-state index in [0.29, 0.717) is 10.2 Å². The third kappa shape index (κ3) is 4.52. The molecule has 32 heavy (non-hydrogen) atoms. The molecule has 0 unspecified atom stereocenters. The highest BCUT2D eigenvalue weighted by Crippen LogP contribution is 2.29. The summed E-state index contributed by atoms with van der Waals surface area (Å²) in [4.78, 5) is 13.1. The van der Waals surface area contributed by atoms with Crippen molar-refractivity contribution in [3.05, 3.63) is 82.6 Å². The molecule has 0 N–H and O–H groups in total. The maximum Gasteiger partial charge on any atom is 0.196 e. The Morgan fingerprint density at radius 2 is 1.75 bits per heavy atom. The maximum atomic E-state index is 13.1. The molecule has 0 aliphatic rings. The van der Waals surface area contributed by atoms with Crippen LogP contribution in [0.25, 0.3) is 17.1 Å². The monoisotopic (exact) mass is 464 g/mol. The minimum absolute atomic E-state index is 0.0948. The Bertz CT molecular complexity index is 1230. The van der Waals surface area contributed by atoms with Crippen molar-refractivity contribution >= 4 is 29.1 Å². The van der Waals surface area contributed by atoms with Crippen molar-refractivity contribution in [2.45, 2.75) is 38.9 Å². The zero-order valence-corrected chi connectivity index (χ0v) is 20.0. The van der Waals surface area contributed by atoms with Crippen LogP contribution in [0, 0.1) is 13.8 Å². The van der Waals surface area contributed by atoms with Crippen molar-refractivity contribution in [1.29, 1.82) is 0 Å². The molecular formula is C25H25ClN4OS. The summed E-state index contributed by atoms with van der Waals surface area (Å²) in [7, 11) is 0. The van der Waals surface area contributed by atoms with E-state index >= 15 is 0 Å². The molecule has 2 heterocycles. The van der Waals surface area contributed by atoms with Gasteiger partial charge in [0.25, 0.3) is 0 Å². The van der Waals surface area contributed by atoms with Crippen LogP contribution in [0.15, 0.2) is 65.8 Å². The van der Waals surface area contributed by atoms with Gasteiger partial charge in [-0.05, 0) is 50.6 Å². The van der Waals surface area contributed by atoms with E-state index < -0.39 is 0 Å². The summed E-state index contributed by atoms with van der Waals surface area (Å²) in [6.07, 6.45) is 1.03. The SMILES string of the molecule is CCCn1c(C)cc(C(=O)CSc2nnc(-c3ccccc3)n2-c2ccc(Cl)cc2)c1C. The van der Waals surface area contributed by atoms with Gasteiger partial charge in [-0.15, -0.1) is 10.2 Å². The fourth-order valence-electron chi connectivity index (χ4n) is 3.82. The number of benzene rings is 2. The van der Waals surface area contributed by atoms with Gasteiger partial charge in [-0.2, -0.15) is 0 Å². The lowest BCUT2D eigenvalue weighted by molar-refractivity contribution is 0.102. The molecule has 0 bridgehead atoms. The minimum Gasteiger partial charge on any atom is -0.348 e. The fraction of sp³-hybridized carbons (Fsp3) is 0.240. The van der Waals surface area contributed by atoms with E-state index in [1.807, 2.05) is 72.2 Å². The zero-order valence-electron chi connectivity index (χ0n) is 18.4. The van der Waals surface area contributed by atoms with Crippen LogP contribution in [0.3, 0.4) is 0 Å². The van der Waals surface area contributed by atoms with Crippen molar-refractivity contribution < 1.29 is 4.79 Å². The second-order valence-corrected chi connectivity index (χ2v) is 9.01. The standard InChI is InChI=1S/C25H25ClN4OS/c1-4-14-29-17(2)15-22(18(29)3)23(31)16-32-25-28-27-24(19-8-6-5-7-9-19)30(25)21-12-10-20(26)11-13-21/h5-13,15H,4,14,16H2,1-3H3. The van der Waals surface area contributed by atoms with Crippen LogP contribution < -0.4 is 0 Å². The highest BCUT2D eigenvalue weighted by molar-refractivity contribution is 7.99. The Hall–Kier alpha value is -2.83. The summed E-state index contributed by atoms with van der Waals surface area (Å²) < 4.78 is 4.19. The van der Waals surface area contributed by atoms with Gasteiger partial charge in [-0.1, -0.05) is 60.6 Å². The number of carbonyl (C=O) groups excluding carboxylic acids is 1. The first-order valence-corrected chi connectivity index (χ1v) is 12.0. The Labute approximate surface area is 197 Å². The van der Waals surface area contributed by atoms with E-state index in [1.165, 1.54) is 11.8 Å². The quantitative estimate of drug-likeness (QED) is 0.224. The Morgan fingerprint density at radius 1 is 1.03 bits per heavy atom. The van der Waals surface area contributed by atoms with Gasteiger partial charge < -0.3 is 4.57 Å². The maximum absolute atomic E-state index is 13.1. The first kappa shape index (κ1) is 22.4. The van der Waals surface area contributed by atoms with Crippen LogP contribution in [0.1, 0.15) is 35.1 Å². The second kappa shape index (κ2) is 9.76. The predicted octanol–water partition coefficient (Wildman–Crippen LogP) is 6.39. The molecule has 0 spiro atoms. The third-order valence-corrected chi connectivity index (χ3v) is 6.58. The van der Waals surface area contributed by atoms with Gasteiger partial charge in [-0.25, -0.2) is 0 Å². The number of aromatic nitrogens is 4. The first-order valence-electron chi connectivity index (χ1n) is 10.6. The third-order valence-electron chi connectivity index (χ3n) is 5.40. The highest BCUT2D eigenvalue weighted by atomic mass is 35.5. The molecule has 0 amide bonds. The number of nitrogens with zero attached hydrogens (tertiary/aromatic N) is 4. The smallest absolute Gasteiger partial charge is 0.196 e. The zero-order chi connectivity index (χ0) is 22.7. The van der Waals surface area contributed by atoms with Crippen molar-refractivity contribution in [2.24, 2.45) is 0 Å². The van der Waals surface area contributed by atoms with Gasteiger partial charge in [-0.3, -0.25) is 9.36 Å². The van der Waals surface area contributed by atoms with Crippen LogP contribution in [-0.2, 0) is 6.54 Å². The highest BCUT2D eigenvalue weighted by Gasteiger charge is 2.20. The van der Waals surface area contributed by atoms with E-state index in [-0.39, 0.29) is 11.5 Å². The predicted molar refractivity (Wildman–Crippen MR) is 131 cm³/mol. The molecule has 2 aromatic heterocycles. The summed E-state index contributed by atoms with van der Waals surface area (Å²) in [6.45, 7) is 7.13. The van der Waals surface area contributed by atoms with Gasteiger partial charge in [0, 0.05) is 39.8 Å². The molecule has 0 fully saturated rings. The summed E-state index contributed by atoms with van der Waals surface area (Å²) in [5.41, 5.74) is 4.78. The van der Waals surface area contributed by atoms with Crippen LogP contribution >= 0.6 is 23.4 Å². The first-order chi connectivity index (χ1) is 15.5. The van der Waals surface area contributed by atoms with Crippen LogP contribution in [0.4, 0.5) is 0 Å². The molecule has 4 aromatic rings. The van der Waals surface area contributed by atoms with E-state index in [1.54, 1.807) is 0 Å². The molecule has 0 saturated heterocycles. The number of hydrogen-bond acceptors (Lipinski definition) is 4. The Balaban J connectivity index is 1.64. The van der Waals surface area contributed by atoms with Crippen molar-refractivity contribution in [1.82, 2.24) is 19.3 Å². The lowest BCUT2D eigenvalue weighted by atomic mass is 10.2. The molecule has 0 atom stereocenters. The molecule has 164 valence electrons. The van der Waals surface area contributed by atoms with E-state index in [2.05, 4.69) is 28.6 Å². The Kier molecular flexibility index (Phi) is 6.82. The molecule has 0 saturated carbocycles. The largest absolute Gasteiger partial charge is 0.348 e. The van der Waals surface area contributed by atoms with Crippen LogP contribution in [0.2, 0.25) is 5.02 Å². The Morgan fingerprint density at radius 3 is 2.44 bits per heavy atom. The van der Waals surface area contributed by atoms with Gasteiger partial charge >= 0.3 is 0 Å². The van der Waals surface area contributed by atoms with Gasteiger partial charge in [0.1, 0.15) is 0 Å². The van der Waals surface area contributed by atoms with Crippen LogP contribution in [0.5, 0.6) is 0 Å². The second-order valence-electron chi connectivity index (χ2n) is 7.63. The van der Waals surface area contributed by atoms with Gasteiger partial charge in [0.05, 0.1) is 5.75 Å². The lowest BCUT2D eigenvalue weighted by Gasteiger charge is -2.11. The normalized spacial score (nSPS) is 11.1. The van der Waals surface area contributed by atoms with Crippen molar-refractivity contribution in [2.75, 3.05) is 5.75 Å². The number of rotatable bonds is 8. The molecule has 5 nitrogen and oxygen atoms in total. The minimum atomic E-state index is 0.0948. The topological polar surface area (TPSA) is 52.7 Å². The molecule has 0 aliphatic carbocycles. The van der Waals surface area contributed by atoms with E-state index in [4.69, 9.17) is 11.6 Å². The molecule has 2 aromatic carbocycles. The average Bonchev–Trinajstić information content (AvgIpc) is 3.35. The van der Waals surface area contributed by atoms with E-state index in [0.717, 1.165) is 47.0 Å². The van der Waals surface area contributed by atoms with Crippen molar-refractivity contribution in [3.8, 4) is 17.1 Å². The van der Waals surface area contributed by atoms with E-state index in [9.17, 15) is 4.79 Å². The number of thioether (sulfide) groups is 1. The molecule has 7 heteroatoms. The number of aryl methyl sites for hydroxylation is 1. The van der Waals surface area contributed by atoms with Crippen molar-refractivity contribution in [3.63, 3.8) is 0 Å². The summed E-state index contributed by atoms with van der Waals surface area (Å²) in [5, 5.41) is 10.2. The summed E-state index contributed by atoms with van der Waals surface area (Å²) in [6, 6.07) is 19.4. The number of carbonyl (C=O) groups is 1. The molecule has 0 aliphatic heterocycles.